The molecule has 0 aromatic carbocycles. The van der Waals surface area contributed by atoms with Gasteiger partial charge in [-0.25, -0.2) is 0 Å². The van der Waals surface area contributed by atoms with Crippen molar-refractivity contribution in [3.63, 3.8) is 0 Å². The van der Waals surface area contributed by atoms with E-state index in [2.05, 4.69) is 55.6 Å². The van der Waals surface area contributed by atoms with Crippen molar-refractivity contribution in [1.29, 1.82) is 0 Å². The van der Waals surface area contributed by atoms with Crippen molar-refractivity contribution in [1.82, 2.24) is 5.32 Å². The SMILES string of the molecule is CCCCCCCCC/C=C\CCCCCCCC(=O)OCCCCC/C=C\C=C/CCCCCCCCC(=O)NC(CO)C(O)CCCCCCCCCCCCCCCCCCCCC. The van der Waals surface area contributed by atoms with E-state index in [-0.39, 0.29) is 18.5 Å². The molecule has 6 nitrogen and oxygen atoms in total. The molecule has 0 aliphatic rings. The maximum Gasteiger partial charge on any atom is 0.305 e. The van der Waals surface area contributed by atoms with Crippen molar-refractivity contribution in [3.8, 4) is 0 Å². The van der Waals surface area contributed by atoms with Gasteiger partial charge in [-0.15, -0.1) is 0 Å². The average molecular weight is 943 g/mol. The molecule has 0 saturated heterocycles. The summed E-state index contributed by atoms with van der Waals surface area (Å²) in [6.07, 6.45) is 69.9. The molecule has 67 heavy (non-hydrogen) atoms. The highest BCUT2D eigenvalue weighted by molar-refractivity contribution is 5.76. The van der Waals surface area contributed by atoms with Crippen LogP contribution in [0, 0.1) is 0 Å². The lowest BCUT2D eigenvalue weighted by molar-refractivity contribution is -0.143. The van der Waals surface area contributed by atoms with Gasteiger partial charge in [0.05, 0.1) is 25.4 Å². The van der Waals surface area contributed by atoms with E-state index in [1.807, 2.05) is 0 Å². The highest BCUT2D eigenvalue weighted by atomic mass is 16.5. The molecule has 0 aliphatic heterocycles. The molecule has 0 spiro atoms. The van der Waals surface area contributed by atoms with Gasteiger partial charge >= 0.3 is 5.97 Å². The van der Waals surface area contributed by atoms with E-state index in [1.165, 1.54) is 205 Å². The van der Waals surface area contributed by atoms with Gasteiger partial charge in [0.25, 0.3) is 0 Å². The summed E-state index contributed by atoms with van der Waals surface area (Å²) in [7, 11) is 0. The zero-order valence-corrected chi connectivity index (χ0v) is 44.9. The number of unbranched alkanes of at least 4 members (excludes halogenated alkanes) is 39. The van der Waals surface area contributed by atoms with Crippen molar-refractivity contribution in [2.75, 3.05) is 13.2 Å². The summed E-state index contributed by atoms with van der Waals surface area (Å²) in [5.41, 5.74) is 0. The van der Waals surface area contributed by atoms with Gasteiger partial charge in [-0.05, 0) is 83.5 Å². The van der Waals surface area contributed by atoms with Crippen LogP contribution in [-0.4, -0.2) is 47.4 Å². The van der Waals surface area contributed by atoms with Crippen LogP contribution >= 0.6 is 0 Å². The molecule has 0 aromatic rings. The van der Waals surface area contributed by atoms with Crippen LogP contribution in [-0.2, 0) is 14.3 Å². The summed E-state index contributed by atoms with van der Waals surface area (Å²) < 4.78 is 5.45. The average Bonchev–Trinajstić information content (AvgIpc) is 3.33. The largest absolute Gasteiger partial charge is 0.466 e. The molecule has 0 aliphatic carbocycles. The molecule has 2 atom stereocenters. The van der Waals surface area contributed by atoms with Crippen molar-refractivity contribution in [2.24, 2.45) is 0 Å². The van der Waals surface area contributed by atoms with Crippen LogP contribution in [0.5, 0.6) is 0 Å². The lowest BCUT2D eigenvalue weighted by Gasteiger charge is -2.22. The monoisotopic (exact) mass is 942 g/mol. The summed E-state index contributed by atoms with van der Waals surface area (Å²) in [6.45, 7) is 4.90. The van der Waals surface area contributed by atoms with E-state index in [9.17, 15) is 19.8 Å². The Hall–Kier alpha value is -1.92. The maximum atomic E-state index is 12.5. The zero-order valence-electron chi connectivity index (χ0n) is 44.9. The van der Waals surface area contributed by atoms with E-state index in [0.29, 0.717) is 25.9 Å². The third-order valence-corrected chi connectivity index (χ3v) is 13.7. The maximum absolute atomic E-state index is 12.5. The number of aliphatic hydroxyl groups is 2. The Morgan fingerprint density at radius 3 is 1.15 bits per heavy atom. The minimum atomic E-state index is -0.680. The van der Waals surface area contributed by atoms with Crippen molar-refractivity contribution >= 4 is 11.9 Å². The molecule has 0 bridgehead atoms. The second kappa shape index (κ2) is 56.7. The number of nitrogens with one attached hydrogen (secondary N) is 1. The first-order chi connectivity index (χ1) is 33.0. The van der Waals surface area contributed by atoms with Crippen LogP contribution in [0.15, 0.2) is 36.5 Å². The van der Waals surface area contributed by atoms with E-state index in [4.69, 9.17) is 4.74 Å². The van der Waals surface area contributed by atoms with Gasteiger partial charge in [-0.2, -0.15) is 0 Å². The van der Waals surface area contributed by atoms with Crippen molar-refractivity contribution in [2.45, 2.75) is 328 Å². The molecule has 0 fully saturated rings. The topological polar surface area (TPSA) is 95.9 Å². The first-order valence-corrected chi connectivity index (χ1v) is 29.8. The Morgan fingerprint density at radius 1 is 0.418 bits per heavy atom. The molecule has 0 heterocycles. The van der Waals surface area contributed by atoms with Gasteiger partial charge in [-0.3, -0.25) is 9.59 Å². The number of hydrogen-bond acceptors (Lipinski definition) is 5. The third-order valence-electron chi connectivity index (χ3n) is 13.7. The van der Waals surface area contributed by atoms with E-state index in [0.717, 1.165) is 77.0 Å². The molecule has 0 rings (SSSR count). The fourth-order valence-corrected chi connectivity index (χ4v) is 9.10. The number of esters is 1. The number of rotatable bonds is 55. The number of hydrogen-bond donors (Lipinski definition) is 3. The predicted octanol–water partition coefficient (Wildman–Crippen LogP) is 18.4. The Bertz CT molecular complexity index is 1090. The first-order valence-electron chi connectivity index (χ1n) is 29.8. The van der Waals surface area contributed by atoms with Crippen LogP contribution in [0.1, 0.15) is 316 Å². The van der Waals surface area contributed by atoms with Gasteiger partial charge < -0.3 is 20.3 Å². The Kier molecular flexibility index (Phi) is 55.0. The molecular formula is C61H115NO5. The minimum Gasteiger partial charge on any atom is -0.466 e. The smallest absolute Gasteiger partial charge is 0.305 e. The minimum absolute atomic E-state index is 0.0288. The molecule has 3 N–H and O–H groups in total. The fraction of sp³-hybridized carbons (Fsp3) is 0.869. The number of aliphatic hydroxyl groups excluding tert-OH is 2. The quantitative estimate of drug-likeness (QED) is 0.0244. The molecule has 1 amide bonds. The molecule has 394 valence electrons. The highest BCUT2D eigenvalue weighted by Crippen LogP contribution is 2.17. The first kappa shape index (κ1) is 65.1. The molecule has 0 aromatic heterocycles. The lowest BCUT2D eigenvalue weighted by Crippen LogP contribution is -2.45. The molecule has 0 radical (unpaired) electrons. The summed E-state index contributed by atoms with van der Waals surface area (Å²) in [5, 5.41) is 23.3. The lowest BCUT2D eigenvalue weighted by atomic mass is 10.0. The second-order valence-corrected chi connectivity index (χ2v) is 20.4. The van der Waals surface area contributed by atoms with E-state index >= 15 is 0 Å². The highest BCUT2D eigenvalue weighted by Gasteiger charge is 2.20. The second-order valence-electron chi connectivity index (χ2n) is 20.4. The summed E-state index contributed by atoms with van der Waals surface area (Å²) in [5.74, 6) is -0.0846. The molecule has 0 saturated carbocycles. The number of allylic oxidation sites excluding steroid dienone is 6. The van der Waals surface area contributed by atoms with Gasteiger partial charge in [0.2, 0.25) is 5.91 Å². The number of ether oxygens (including phenoxy) is 1. The Balaban J connectivity index is 3.52. The Labute approximate surface area is 417 Å². The molecule has 6 heteroatoms. The standard InChI is InChI=1S/C61H115NO5/c1-3-5-7-9-11-13-15-17-19-21-22-23-25-29-33-37-41-45-49-53-59(64)58(57-63)62-60(65)54-50-46-42-38-34-30-26-24-28-32-36-40-44-48-52-56-67-61(66)55-51-47-43-39-35-31-27-20-18-16-14-12-10-8-6-4-2/h20,24,27-28,32,36,58-59,63-64H,3-19,21-23,25-26,29-31,33-35,37-57H2,1-2H3,(H,62,65)/b27-20-,28-24-,36-32-. The number of carbonyl (C=O) groups is 2. The van der Waals surface area contributed by atoms with Gasteiger partial charge in [0.1, 0.15) is 0 Å². The van der Waals surface area contributed by atoms with Crippen LogP contribution in [0.2, 0.25) is 0 Å². The fourth-order valence-electron chi connectivity index (χ4n) is 9.10. The molecular weight excluding hydrogens is 827 g/mol. The van der Waals surface area contributed by atoms with Crippen molar-refractivity contribution < 1.29 is 24.5 Å². The van der Waals surface area contributed by atoms with Crippen LogP contribution in [0.25, 0.3) is 0 Å². The van der Waals surface area contributed by atoms with Crippen LogP contribution in [0.3, 0.4) is 0 Å². The van der Waals surface area contributed by atoms with E-state index < -0.39 is 12.1 Å². The van der Waals surface area contributed by atoms with Gasteiger partial charge in [0.15, 0.2) is 0 Å². The molecule has 2 unspecified atom stereocenters. The zero-order chi connectivity index (χ0) is 48.6. The Morgan fingerprint density at radius 2 is 0.746 bits per heavy atom. The summed E-state index contributed by atoms with van der Waals surface area (Å²) in [6, 6.07) is -0.559. The van der Waals surface area contributed by atoms with Gasteiger partial charge in [-0.1, -0.05) is 256 Å². The van der Waals surface area contributed by atoms with E-state index in [1.54, 1.807) is 0 Å². The van der Waals surface area contributed by atoms with Crippen molar-refractivity contribution in [3.05, 3.63) is 36.5 Å². The summed E-state index contributed by atoms with van der Waals surface area (Å²) >= 11 is 0. The number of carbonyl (C=O) groups excluding carboxylic acids is 2. The summed E-state index contributed by atoms with van der Waals surface area (Å²) in [4.78, 5) is 24.5. The number of amides is 1. The van der Waals surface area contributed by atoms with Crippen LogP contribution < -0.4 is 5.32 Å². The van der Waals surface area contributed by atoms with Crippen LogP contribution in [0.4, 0.5) is 0 Å². The normalized spacial score (nSPS) is 12.8. The predicted molar refractivity (Wildman–Crippen MR) is 292 cm³/mol. The third kappa shape index (κ3) is 53.3. The van der Waals surface area contributed by atoms with Gasteiger partial charge in [0, 0.05) is 12.8 Å².